The number of aryl methyl sites for hydroxylation is 1. The summed E-state index contributed by atoms with van der Waals surface area (Å²) < 4.78 is 28.2. The van der Waals surface area contributed by atoms with Gasteiger partial charge < -0.3 is 5.32 Å². The van der Waals surface area contributed by atoms with Crippen LogP contribution in [0, 0.1) is 37.3 Å². The summed E-state index contributed by atoms with van der Waals surface area (Å²) in [5, 5.41) is 2.59. The van der Waals surface area contributed by atoms with E-state index < -0.39 is 29.4 Å². The third kappa shape index (κ3) is 5.67. The Morgan fingerprint density at radius 2 is 1.35 bits per heavy atom. The number of ketones is 2. The molecule has 1 aliphatic rings. The minimum absolute atomic E-state index is 0.00409. The first-order valence-electron chi connectivity index (χ1n) is 12.3. The number of rotatable bonds is 7. The zero-order valence-corrected chi connectivity index (χ0v) is 21.1. The maximum Gasteiger partial charge on any atom is 0.233 e. The number of amides is 1. The highest BCUT2D eigenvalue weighted by atomic mass is 19.1. The molecule has 5 nitrogen and oxygen atoms in total. The number of likely N-dealkylation sites (N-methyl/N-ethyl adjacent to an activating group) is 1. The van der Waals surface area contributed by atoms with Crippen molar-refractivity contribution in [3.05, 3.63) is 106 Å². The molecule has 3 aromatic rings. The monoisotopic (exact) mass is 504 g/mol. The van der Waals surface area contributed by atoms with E-state index in [-0.39, 0.29) is 48.2 Å². The van der Waals surface area contributed by atoms with Crippen molar-refractivity contribution < 1.29 is 23.2 Å². The molecule has 1 amide bonds. The van der Waals surface area contributed by atoms with E-state index in [4.69, 9.17) is 0 Å². The summed E-state index contributed by atoms with van der Waals surface area (Å²) in [6.07, 6.45) is 0. The van der Waals surface area contributed by atoms with Gasteiger partial charge in [0, 0.05) is 49.0 Å². The van der Waals surface area contributed by atoms with Gasteiger partial charge in [0.25, 0.3) is 0 Å². The van der Waals surface area contributed by atoms with Gasteiger partial charge in [0.2, 0.25) is 5.91 Å². The molecule has 0 radical (unpaired) electrons. The van der Waals surface area contributed by atoms with Gasteiger partial charge in [0.1, 0.15) is 11.6 Å². The van der Waals surface area contributed by atoms with E-state index in [2.05, 4.69) is 5.32 Å². The number of carbonyl (C=O) groups is 3. The first kappa shape index (κ1) is 26.4. The van der Waals surface area contributed by atoms with Crippen LogP contribution in [0.25, 0.3) is 0 Å². The quantitative estimate of drug-likeness (QED) is 0.473. The van der Waals surface area contributed by atoms with Crippen LogP contribution in [0.5, 0.6) is 0 Å². The molecular formula is C30H30F2N2O3. The van der Waals surface area contributed by atoms with Crippen LogP contribution in [0.1, 0.15) is 43.3 Å². The zero-order valence-electron chi connectivity index (χ0n) is 21.1. The summed E-state index contributed by atoms with van der Waals surface area (Å²) in [6.45, 7) is 4.35. The van der Waals surface area contributed by atoms with Crippen LogP contribution in [0.15, 0.2) is 66.7 Å². The number of halogens is 2. The van der Waals surface area contributed by atoms with E-state index in [0.717, 1.165) is 16.7 Å². The molecule has 1 aliphatic heterocycles. The molecule has 1 fully saturated rings. The Kier molecular flexibility index (Phi) is 7.93. The summed E-state index contributed by atoms with van der Waals surface area (Å²) in [7, 11) is 1.52. The van der Waals surface area contributed by atoms with Crippen LogP contribution in [0.2, 0.25) is 0 Å². The summed E-state index contributed by atoms with van der Waals surface area (Å²) in [6, 6.07) is 16.8. The molecule has 192 valence electrons. The number of hydrogen-bond acceptors (Lipinski definition) is 4. The lowest BCUT2D eigenvalue weighted by Gasteiger charge is -2.43. The minimum atomic E-state index is -0.733. The van der Waals surface area contributed by atoms with Crippen LogP contribution in [-0.2, 0) is 4.79 Å². The van der Waals surface area contributed by atoms with Crippen molar-refractivity contribution in [3.63, 3.8) is 0 Å². The van der Waals surface area contributed by atoms with Gasteiger partial charge in [-0.1, -0.05) is 42.5 Å². The maximum atomic E-state index is 14.1. The molecule has 1 heterocycles. The number of nitrogens with zero attached hydrogens (tertiary/aromatic N) is 1. The molecule has 0 bridgehead atoms. The Balaban J connectivity index is 1.87. The normalized spacial score (nSPS) is 18.4. The van der Waals surface area contributed by atoms with Gasteiger partial charge in [-0.15, -0.1) is 0 Å². The van der Waals surface area contributed by atoms with Crippen molar-refractivity contribution >= 4 is 17.5 Å². The Hall–Kier alpha value is -3.71. The molecule has 37 heavy (non-hydrogen) atoms. The lowest BCUT2D eigenvalue weighted by atomic mass is 9.67. The number of carbonyl (C=O) groups excluding carboxylic acids is 3. The SMILES string of the molecule is CNC(=O)CN1C[C@H](C(=O)c2cccc(F)c2)C(c2cccc(C)c2C)[C@@H](C(=O)c2cccc(F)c2)C1. The predicted molar refractivity (Wildman–Crippen MR) is 138 cm³/mol. The fourth-order valence-electron chi connectivity index (χ4n) is 5.32. The Bertz CT molecular complexity index is 1270. The summed E-state index contributed by atoms with van der Waals surface area (Å²) >= 11 is 0. The predicted octanol–water partition coefficient (Wildman–Crippen LogP) is 4.73. The van der Waals surface area contributed by atoms with Gasteiger partial charge in [0.05, 0.1) is 6.54 Å². The van der Waals surface area contributed by atoms with Crippen molar-refractivity contribution in [2.75, 3.05) is 26.7 Å². The molecule has 7 heteroatoms. The largest absolute Gasteiger partial charge is 0.358 e. The summed E-state index contributed by atoms with van der Waals surface area (Å²) in [5.41, 5.74) is 3.24. The van der Waals surface area contributed by atoms with E-state index in [1.54, 1.807) is 17.0 Å². The highest BCUT2D eigenvalue weighted by Gasteiger charge is 2.45. The lowest BCUT2D eigenvalue weighted by Crippen LogP contribution is -2.52. The van der Waals surface area contributed by atoms with Crippen molar-refractivity contribution in [2.24, 2.45) is 11.8 Å². The highest BCUT2D eigenvalue weighted by Crippen LogP contribution is 2.42. The number of hydrogen-bond donors (Lipinski definition) is 1. The van der Waals surface area contributed by atoms with Crippen molar-refractivity contribution in [2.45, 2.75) is 19.8 Å². The maximum absolute atomic E-state index is 14.1. The number of benzene rings is 3. The second-order valence-corrected chi connectivity index (χ2v) is 9.64. The van der Waals surface area contributed by atoms with E-state index >= 15 is 0 Å². The second-order valence-electron chi connectivity index (χ2n) is 9.64. The van der Waals surface area contributed by atoms with E-state index in [0.29, 0.717) is 0 Å². The zero-order chi connectivity index (χ0) is 26.7. The Morgan fingerprint density at radius 1 is 0.838 bits per heavy atom. The van der Waals surface area contributed by atoms with Gasteiger partial charge in [0.15, 0.2) is 11.6 Å². The topological polar surface area (TPSA) is 66.5 Å². The molecule has 3 aromatic carbocycles. The second kappa shape index (κ2) is 11.1. The average Bonchev–Trinajstić information content (AvgIpc) is 2.89. The van der Waals surface area contributed by atoms with E-state index in [1.165, 1.54) is 43.4 Å². The fraction of sp³-hybridized carbons (Fsp3) is 0.300. The molecule has 1 N–H and O–H groups in total. The molecule has 4 rings (SSSR count). The molecule has 0 saturated carbocycles. The Morgan fingerprint density at radius 3 is 1.84 bits per heavy atom. The van der Waals surface area contributed by atoms with Crippen molar-refractivity contribution in [1.82, 2.24) is 10.2 Å². The van der Waals surface area contributed by atoms with Crippen LogP contribution in [-0.4, -0.2) is 49.1 Å². The highest BCUT2D eigenvalue weighted by molar-refractivity contribution is 6.02. The van der Waals surface area contributed by atoms with Crippen LogP contribution >= 0.6 is 0 Å². The third-order valence-electron chi connectivity index (χ3n) is 7.32. The summed E-state index contributed by atoms with van der Waals surface area (Å²) in [4.78, 5) is 41.9. The molecule has 0 unspecified atom stereocenters. The van der Waals surface area contributed by atoms with Crippen molar-refractivity contribution in [1.29, 1.82) is 0 Å². The smallest absolute Gasteiger partial charge is 0.233 e. The average molecular weight is 505 g/mol. The first-order chi connectivity index (χ1) is 17.7. The number of piperidine rings is 1. The first-order valence-corrected chi connectivity index (χ1v) is 12.3. The molecule has 2 atom stereocenters. The Labute approximate surface area is 215 Å². The number of likely N-dealkylation sites (tertiary alicyclic amines) is 1. The molecule has 0 spiro atoms. The van der Waals surface area contributed by atoms with Gasteiger partial charge in [-0.3, -0.25) is 19.3 Å². The van der Waals surface area contributed by atoms with Gasteiger partial charge in [-0.05, 0) is 54.8 Å². The standard InChI is InChI=1S/C30H30F2N2O3/c1-18-7-4-12-24(19(18)2)28-25(29(36)20-8-5-10-22(31)13-20)15-34(17-27(35)33-3)16-26(28)30(37)21-9-6-11-23(32)14-21/h4-14,25-26,28H,15-17H2,1-3H3,(H,33,35)/t25-,26-/m0/s1. The van der Waals surface area contributed by atoms with Gasteiger partial charge in [-0.25, -0.2) is 8.78 Å². The van der Waals surface area contributed by atoms with Crippen LogP contribution in [0.3, 0.4) is 0 Å². The van der Waals surface area contributed by atoms with Gasteiger partial charge >= 0.3 is 0 Å². The summed E-state index contributed by atoms with van der Waals surface area (Å²) in [5.74, 6) is -3.93. The number of nitrogens with one attached hydrogen (secondary N) is 1. The molecule has 0 aliphatic carbocycles. The lowest BCUT2D eigenvalue weighted by molar-refractivity contribution is -0.122. The minimum Gasteiger partial charge on any atom is -0.358 e. The molecule has 0 aromatic heterocycles. The van der Waals surface area contributed by atoms with Crippen LogP contribution in [0.4, 0.5) is 8.78 Å². The van der Waals surface area contributed by atoms with Crippen molar-refractivity contribution in [3.8, 4) is 0 Å². The van der Waals surface area contributed by atoms with Gasteiger partial charge in [-0.2, -0.15) is 0 Å². The fourth-order valence-corrected chi connectivity index (χ4v) is 5.32. The molecular weight excluding hydrogens is 474 g/mol. The molecule has 1 saturated heterocycles. The third-order valence-corrected chi connectivity index (χ3v) is 7.32. The van der Waals surface area contributed by atoms with E-state index in [1.807, 2.05) is 32.0 Å². The van der Waals surface area contributed by atoms with Crippen LogP contribution < -0.4 is 5.32 Å². The van der Waals surface area contributed by atoms with E-state index in [9.17, 15) is 23.2 Å². The number of Topliss-reactive ketones (excluding diaryl/α,β-unsaturated/α-hetero) is 2.